The maximum Gasteiger partial charge on any atom is 0.357 e. The molecule has 1 aliphatic heterocycles. The number of hydrogen-bond donors (Lipinski definition) is 0. The van der Waals surface area contributed by atoms with E-state index in [1.807, 2.05) is 6.07 Å². The molecule has 1 aromatic carbocycles. The van der Waals surface area contributed by atoms with Crippen LogP contribution in [0, 0.1) is 0 Å². The van der Waals surface area contributed by atoms with E-state index in [-0.39, 0.29) is 12.3 Å². The van der Waals surface area contributed by atoms with Crippen LogP contribution in [-0.2, 0) is 9.63 Å². The molecule has 1 fully saturated rings. The molecule has 1 aliphatic rings. The summed E-state index contributed by atoms with van der Waals surface area (Å²) in [5.74, 6) is -0.471. The smallest absolute Gasteiger partial charge is 0.357 e. The van der Waals surface area contributed by atoms with Gasteiger partial charge in [0.2, 0.25) is 5.88 Å². The molecule has 0 radical (unpaired) electrons. The van der Waals surface area contributed by atoms with Crippen molar-refractivity contribution >= 4 is 11.8 Å². The summed E-state index contributed by atoms with van der Waals surface area (Å²) in [6.45, 7) is 0.635. The van der Waals surface area contributed by atoms with Crippen molar-refractivity contribution in [2.24, 2.45) is 0 Å². The summed E-state index contributed by atoms with van der Waals surface area (Å²) in [4.78, 5) is 38.0. The molecule has 0 bridgehead atoms. The lowest BCUT2D eigenvalue weighted by Gasteiger charge is -2.29. The fourth-order valence-corrected chi connectivity index (χ4v) is 2.50. The Bertz CT molecular complexity index is 718. The van der Waals surface area contributed by atoms with Crippen LogP contribution < -0.4 is 4.74 Å². The van der Waals surface area contributed by atoms with Crippen molar-refractivity contribution in [3.05, 3.63) is 54.0 Å². The SMILES string of the molecule is COc1cnc(C2CN(OC(=O)c3ccccc3)CCC2=O)cn1. The van der Waals surface area contributed by atoms with E-state index in [0.29, 0.717) is 30.1 Å². The Morgan fingerprint density at radius 2 is 2.00 bits per heavy atom. The first-order valence-corrected chi connectivity index (χ1v) is 7.58. The van der Waals surface area contributed by atoms with Gasteiger partial charge < -0.3 is 9.57 Å². The quantitative estimate of drug-likeness (QED) is 0.844. The topological polar surface area (TPSA) is 81.6 Å². The normalized spacial score (nSPS) is 18.2. The van der Waals surface area contributed by atoms with Crippen LogP contribution in [0.2, 0.25) is 0 Å². The van der Waals surface area contributed by atoms with Crippen molar-refractivity contribution in [1.29, 1.82) is 0 Å². The Labute approximate surface area is 139 Å². The molecule has 1 unspecified atom stereocenters. The highest BCUT2D eigenvalue weighted by atomic mass is 16.7. The molecule has 0 amide bonds. The molecule has 3 rings (SSSR count). The van der Waals surface area contributed by atoms with E-state index in [0.717, 1.165) is 0 Å². The van der Waals surface area contributed by atoms with Crippen LogP contribution in [0.15, 0.2) is 42.7 Å². The summed E-state index contributed by atoms with van der Waals surface area (Å²) in [5, 5.41) is 1.51. The predicted molar refractivity (Wildman–Crippen MR) is 84.4 cm³/mol. The van der Waals surface area contributed by atoms with Crippen molar-refractivity contribution in [3.8, 4) is 5.88 Å². The van der Waals surface area contributed by atoms with Crippen LogP contribution >= 0.6 is 0 Å². The number of carbonyl (C=O) groups is 2. The van der Waals surface area contributed by atoms with Crippen LogP contribution in [0.1, 0.15) is 28.4 Å². The zero-order chi connectivity index (χ0) is 16.9. The minimum Gasteiger partial charge on any atom is -0.480 e. The van der Waals surface area contributed by atoms with Crippen LogP contribution in [0.25, 0.3) is 0 Å². The summed E-state index contributed by atoms with van der Waals surface area (Å²) < 4.78 is 4.97. The number of nitrogens with zero attached hydrogens (tertiary/aromatic N) is 3. The highest BCUT2D eigenvalue weighted by molar-refractivity contribution is 5.89. The van der Waals surface area contributed by atoms with Crippen LogP contribution in [0.3, 0.4) is 0 Å². The molecule has 1 saturated heterocycles. The molecule has 7 heteroatoms. The minimum atomic E-state index is -0.472. The van der Waals surface area contributed by atoms with Crippen molar-refractivity contribution < 1.29 is 19.2 Å². The molecule has 124 valence electrons. The number of benzene rings is 1. The number of hydroxylamine groups is 2. The molecule has 2 aromatic rings. The van der Waals surface area contributed by atoms with Gasteiger partial charge in [-0.2, -0.15) is 0 Å². The molecule has 7 nitrogen and oxygen atoms in total. The third-order valence-corrected chi connectivity index (χ3v) is 3.82. The average Bonchev–Trinajstić information content (AvgIpc) is 2.64. The number of carbonyl (C=O) groups excluding carboxylic acids is 2. The summed E-state index contributed by atoms with van der Waals surface area (Å²) in [5.41, 5.74) is 1.01. The molecule has 0 N–H and O–H groups in total. The van der Waals surface area contributed by atoms with Gasteiger partial charge in [0.05, 0.1) is 43.2 Å². The van der Waals surface area contributed by atoms with Gasteiger partial charge in [-0.15, -0.1) is 5.06 Å². The van der Waals surface area contributed by atoms with Crippen LogP contribution in [0.5, 0.6) is 5.88 Å². The second kappa shape index (κ2) is 7.18. The number of ketones is 1. The van der Waals surface area contributed by atoms with E-state index in [9.17, 15) is 9.59 Å². The van der Waals surface area contributed by atoms with E-state index < -0.39 is 11.9 Å². The van der Waals surface area contributed by atoms with Crippen molar-refractivity contribution in [3.63, 3.8) is 0 Å². The zero-order valence-corrected chi connectivity index (χ0v) is 13.2. The van der Waals surface area contributed by atoms with Gasteiger partial charge in [0.15, 0.2) is 0 Å². The van der Waals surface area contributed by atoms with E-state index in [1.165, 1.54) is 24.6 Å². The molecule has 0 spiro atoms. The molecule has 0 saturated carbocycles. The van der Waals surface area contributed by atoms with Gasteiger partial charge >= 0.3 is 5.97 Å². The second-order valence-corrected chi connectivity index (χ2v) is 5.39. The molecule has 1 aromatic heterocycles. The third kappa shape index (κ3) is 3.57. The van der Waals surface area contributed by atoms with Crippen LogP contribution in [0.4, 0.5) is 0 Å². The first-order valence-electron chi connectivity index (χ1n) is 7.58. The largest absolute Gasteiger partial charge is 0.480 e. The fourth-order valence-electron chi connectivity index (χ4n) is 2.50. The van der Waals surface area contributed by atoms with E-state index in [2.05, 4.69) is 9.97 Å². The lowest BCUT2D eigenvalue weighted by atomic mass is 9.95. The number of ether oxygens (including phenoxy) is 1. The number of rotatable bonds is 4. The number of methoxy groups -OCH3 is 1. The molecular formula is C17H17N3O4. The highest BCUT2D eigenvalue weighted by Crippen LogP contribution is 2.23. The van der Waals surface area contributed by atoms with Gasteiger partial charge in [0.1, 0.15) is 5.78 Å². The van der Waals surface area contributed by atoms with Gasteiger partial charge in [-0.25, -0.2) is 9.78 Å². The lowest BCUT2D eigenvalue weighted by molar-refractivity contribution is -0.145. The molecule has 2 heterocycles. The van der Waals surface area contributed by atoms with E-state index in [1.54, 1.807) is 24.3 Å². The predicted octanol–water partition coefficient (Wildman–Crippen LogP) is 1.62. The maximum absolute atomic E-state index is 12.2. The molecule has 24 heavy (non-hydrogen) atoms. The summed E-state index contributed by atoms with van der Waals surface area (Å²) >= 11 is 0. The van der Waals surface area contributed by atoms with E-state index >= 15 is 0 Å². The standard InChI is InChI=1S/C17H17N3O4/c1-23-16-10-18-14(9-19-16)13-11-20(8-7-15(13)21)24-17(22)12-5-3-2-4-6-12/h2-6,9-10,13H,7-8,11H2,1H3. The van der Waals surface area contributed by atoms with Gasteiger partial charge in [-0.1, -0.05) is 18.2 Å². The van der Waals surface area contributed by atoms with Gasteiger partial charge in [-0.3, -0.25) is 9.78 Å². The van der Waals surface area contributed by atoms with Crippen LogP contribution in [-0.4, -0.2) is 47.0 Å². The number of hydrogen-bond acceptors (Lipinski definition) is 7. The molecule has 0 aliphatic carbocycles. The number of Topliss-reactive ketones (excluding diaryl/α,β-unsaturated/α-hetero) is 1. The fraction of sp³-hybridized carbons (Fsp3) is 0.294. The first kappa shape index (κ1) is 16.1. The maximum atomic E-state index is 12.2. The monoisotopic (exact) mass is 327 g/mol. The Balaban J connectivity index is 1.68. The Kier molecular flexibility index (Phi) is 4.81. The Hall–Kier alpha value is -2.80. The van der Waals surface area contributed by atoms with Crippen molar-refractivity contribution in [1.82, 2.24) is 15.0 Å². The van der Waals surface area contributed by atoms with Gasteiger partial charge in [-0.05, 0) is 12.1 Å². The third-order valence-electron chi connectivity index (χ3n) is 3.82. The highest BCUT2D eigenvalue weighted by Gasteiger charge is 2.32. The number of aromatic nitrogens is 2. The first-order chi connectivity index (χ1) is 11.7. The second-order valence-electron chi connectivity index (χ2n) is 5.39. The Morgan fingerprint density at radius 1 is 1.21 bits per heavy atom. The molecular weight excluding hydrogens is 310 g/mol. The average molecular weight is 327 g/mol. The van der Waals surface area contributed by atoms with Gasteiger partial charge in [0.25, 0.3) is 0 Å². The lowest BCUT2D eigenvalue weighted by Crippen LogP contribution is -2.41. The summed E-state index contributed by atoms with van der Waals surface area (Å²) in [6, 6.07) is 8.74. The zero-order valence-electron chi connectivity index (χ0n) is 13.2. The van der Waals surface area contributed by atoms with Crippen molar-refractivity contribution in [2.75, 3.05) is 20.2 Å². The molecule has 1 atom stereocenters. The minimum absolute atomic E-state index is 0.0569. The Morgan fingerprint density at radius 3 is 2.67 bits per heavy atom. The summed E-state index contributed by atoms with van der Waals surface area (Å²) in [7, 11) is 1.50. The van der Waals surface area contributed by atoms with Crippen molar-refractivity contribution in [2.45, 2.75) is 12.3 Å². The van der Waals surface area contributed by atoms with Gasteiger partial charge in [0, 0.05) is 13.0 Å². The number of piperidine rings is 1. The summed E-state index contributed by atoms with van der Waals surface area (Å²) in [6.07, 6.45) is 3.28. The van der Waals surface area contributed by atoms with E-state index in [4.69, 9.17) is 9.57 Å².